The summed E-state index contributed by atoms with van der Waals surface area (Å²) in [7, 11) is 0. The van der Waals surface area contributed by atoms with Gasteiger partial charge in [0.2, 0.25) is 0 Å². The molecule has 5 nitrogen and oxygen atoms in total. The Hall–Kier alpha value is -2.43. The average molecular weight is 271 g/mol. The average Bonchev–Trinajstić information content (AvgIpc) is 2.97. The van der Waals surface area contributed by atoms with Gasteiger partial charge < -0.3 is 9.88 Å². The molecule has 5 heteroatoms. The van der Waals surface area contributed by atoms with Crippen LogP contribution >= 0.6 is 0 Å². The number of rotatable bonds is 6. The second-order valence-electron chi connectivity index (χ2n) is 4.44. The van der Waals surface area contributed by atoms with Crippen LogP contribution in [0.5, 0.6) is 0 Å². The van der Waals surface area contributed by atoms with E-state index in [-0.39, 0.29) is 5.91 Å². The molecule has 2 aromatic heterocycles. The predicted octanol–water partition coefficient (Wildman–Crippen LogP) is 1.93. The largest absolute Gasteiger partial charge is 0.348 e. The van der Waals surface area contributed by atoms with Crippen LogP contribution in [0, 0.1) is 0 Å². The number of aldehydes is 1. The lowest BCUT2D eigenvalue weighted by atomic mass is 10.2. The van der Waals surface area contributed by atoms with E-state index < -0.39 is 0 Å². The number of aromatic amines is 1. The molecule has 0 aliphatic rings. The van der Waals surface area contributed by atoms with Crippen LogP contribution in [0.2, 0.25) is 0 Å². The number of hydrogen-bond acceptors (Lipinski definition) is 3. The normalized spacial score (nSPS) is 10.2. The van der Waals surface area contributed by atoms with Gasteiger partial charge in [-0.2, -0.15) is 0 Å². The number of hydrogen-bond donors (Lipinski definition) is 1. The number of H-pyrrole nitrogens is 1. The number of aromatic nitrogens is 2. The van der Waals surface area contributed by atoms with Crippen molar-refractivity contribution in [2.75, 3.05) is 13.1 Å². The van der Waals surface area contributed by atoms with Crippen LogP contribution in [-0.4, -0.2) is 40.2 Å². The molecule has 1 N–H and O–H groups in total. The highest BCUT2D eigenvalue weighted by Gasteiger charge is 2.15. The Kier molecular flexibility index (Phi) is 4.65. The fourth-order valence-electron chi connectivity index (χ4n) is 1.99. The van der Waals surface area contributed by atoms with E-state index in [4.69, 9.17) is 0 Å². The van der Waals surface area contributed by atoms with Gasteiger partial charge in [0.25, 0.3) is 5.91 Å². The van der Waals surface area contributed by atoms with E-state index in [0.717, 1.165) is 12.0 Å². The number of carbonyl (C=O) groups is 2. The Morgan fingerprint density at radius 3 is 2.65 bits per heavy atom. The minimum atomic E-state index is -0.0883. The monoisotopic (exact) mass is 271 g/mol. The van der Waals surface area contributed by atoms with Gasteiger partial charge in [-0.15, -0.1) is 0 Å². The lowest BCUT2D eigenvalue weighted by Crippen LogP contribution is -2.33. The summed E-state index contributed by atoms with van der Waals surface area (Å²) in [6.07, 6.45) is 4.97. The summed E-state index contributed by atoms with van der Waals surface area (Å²) in [6.45, 7) is 3.20. The summed E-state index contributed by atoms with van der Waals surface area (Å²) < 4.78 is 0. The number of likely N-dealkylation sites (N-methyl/N-ethyl adjacent to an activating group) is 1. The van der Waals surface area contributed by atoms with Gasteiger partial charge in [-0.05, 0) is 43.2 Å². The molecule has 0 radical (unpaired) electrons. The predicted molar refractivity (Wildman–Crippen MR) is 75.7 cm³/mol. The lowest BCUT2D eigenvalue weighted by Gasteiger charge is -2.20. The van der Waals surface area contributed by atoms with Crippen LogP contribution in [0.1, 0.15) is 33.5 Å². The minimum Gasteiger partial charge on any atom is -0.348 e. The molecule has 0 spiro atoms. The van der Waals surface area contributed by atoms with Gasteiger partial charge in [0.1, 0.15) is 5.69 Å². The molecule has 0 fully saturated rings. The summed E-state index contributed by atoms with van der Waals surface area (Å²) in [4.78, 5) is 31.4. The van der Waals surface area contributed by atoms with E-state index in [1.54, 1.807) is 29.4 Å². The summed E-state index contributed by atoms with van der Waals surface area (Å²) in [5.74, 6) is -0.0883. The van der Waals surface area contributed by atoms with E-state index >= 15 is 0 Å². The maximum Gasteiger partial charge on any atom is 0.270 e. The van der Waals surface area contributed by atoms with E-state index in [9.17, 15) is 9.59 Å². The fourth-order valence-corrected chi connectivity index (χ4v) is 1.99. The third kappa shape index (κ3) is 3.32. The molecule has 0 aliphatic carbocycles. The van der Waals surface area contributed by atoms with Crippen LogP contribution in [0.4, 0.5) is 0 Å². The molecule has 1 amide bonds. The summed E-state index contributed by atoms with van der Waals surface area (Å²) in [5, 5.41) is 0. The van der Waals surface area contributed by atoms with E-state index in [0.29, 0.717) is 30.8 Å². The highest BCUT2D eigenvalue weighted by atomic mass is 16.2. The van der Waals surface area contributed by atoms with E-state index in [1.807, 2.05) is 19.1 Å². The number of nitrogens with zero attached hydrogens (tertiary/aromatic N) is 2. The standard InChI is InChI=1S/C15H17N3O2/c1-2-18(10-7-12-5-8-16-9-6-12)15(20)14-4-3-13(11-19)17-14/h3-6,8-9,11,17H,2,7,10H2,1H3. The van der Waals surface area contributed by atoms with Crippen LogP contribution in [0.3, 0.4) is 0 Å². The smallest absolute Gasteiger partial charge is 0.270 e. The number of carbonyl (C=O) groups excluding carboxylic acids is 2. The Morgan fingerprint density at radius 1 is 1.30 bits per heavy atom. The number of pyridine rings is 1. The van der Waals surface area contributed by atoms with Gasteiger partial charge in [-0.25, -0.2) is 0 Å². The molecule has 0 atom stereocenters. The topological polar surface area (TPSA) is 66.1 Å². The van der Waals surface area contributed by atoms with Crippen molar-refractivity contribution in [1.82, 2.24) is 14.9 Å². The minimum absolute atomic E-state index is 0.0883. The van der Waals surface area contributed by atoms with E-state index in [2.05, 4.69) is 9.97 Å². The van der Waals surface area contributed by atoms with Crippen LogP contribution in [-0.2, 0) is 6.42 Å². The van der Waals surface area contributed by atoms with Gasteiger partial charge >= 0.3 is 0 Å². The molecule has 0 aromatic carbocycles. The third-order valence-corrected chi connectivity index (χ3v) is 3.15. The Morgan fingerprint density at radius 2 is 2.05 bits per heavy atom. The van der Waals surface area contributed by atoms with Gasteiger partial charge in [0.05, 0.1) is 5.69 Å². The first kappa shape index (κ1) is 14.0. The van der Waals surface area contributed by atoms with Gasteiger partial charge in [-0.3, -0.25) is 14.6 Å². The van der Waals surface area contributed by atoms with Crippen molar-refractivity contribution >= 4 is 12.2 Å². The molecular weight excluding hydrogens is 254 g/mol. The Labute approximate surface area is 117 Å². The SMILES string of the molecule is CCN(CCc1ccncc1)C(=O)c1ccc(C=O)[nH]1. The Balaban J connectivity index is 2.00. The molecule has 2 heterocycles. The van der Waals surface area contributed by atoms with Crippen LogP contribution in [0.15, 0.2) is 36.7 Å². The fraction of sp³-hybridized carbons (Fsp3) is 0.267. The van der Waals surface area contributed by atoms with Crippen molar-refractivity contribution in [3.63, 3.8) is 0 Å². The zero-order valence-electron chi connectivity index (χ0n) is 11.4. The van der Waals surface area contributed by atoms with Crippen molar-refractivity contribution in [3.05, 3.63) is 53.6 Å². The van der Waals surface area contributed by atoms with Crippen molar-refractivity contribution in [2.45, 2.75) is 13.3 Å². The quantitative estimate of drug-likeness (QED) is 0.816. The zero-order valence-corrected chi connectivity index (χ0v) is 11.4. The third-order valence-electron chi connectivity index (χ3n) is 3.15. The first-order chi connectivity index (χ1) is 9.74. The molecule has 2 rings (SSSR count). The summed E-state index contributed by atoms with van der Waals surface area (Å²) >= 11 is 0. The maximum atomic E-state index is 12.3. The first-order valence-electron chi connectivity index (χ1n) is 6.57. The summed E-state index contributed by atoms with van der Waals surface area (Å²) in [5.41, 5.74) is 2.01. The summed E-state index contributed by atoms with van der Waals surface area (Å²) in [6, 6.07) is 7.13. The molecule has 0 aliphatic heterocycles. The highest BCUT2D eigenvalue weighted by Crippen LogP contribution is 2.07. The van der Waals surface area contributed by atoms with Crippen molar-refractivity contribution in [3.8, 4) is 0 Å². The van der Waals surface area contributed by atoms with Gasteiger partial charge in [-0.1, -0.05) is 0 Å². The van der Waals surface area contributed by atoms with E-state index in [1.165, 1.54) is 0 Å². The van der Waals surface area contributed by atoms with Gasteiger partial charge in [0.15, 0.2) is 6.29 Å². The molecule has 0 saturated heterocycles. The van der Waals surface area contributed by atoms with Crippen molar-refractivity contribution < 1.29 is 9.59 Å². The Bertz CT molecular complexity index is 578. The second-order valence-corrected chi connectivity index (χ2v) is 4.44. The second kappa shape index (κ2) is 6.65. The van der Waals surface area contributed by atoms with Crippen molar-refractivity contribution in [1.29, 1.82) is 0 Å². The molecule has 0 unspecified atom stereocenters. The molecular formula is C15H17N3O2. The zero-order chi connectivity index (χ0) is 14.4. The first-order valence-corrected chi connectivity index (χ1v) is 6.57. The molecule has 20 heavy (non-hydrogen) atoms. The van der Waals surface area contributed by atoms with Crippen LogP contribution < -0.4 is 0 Å². The molecule has 0 saturated carbocycles. The number of nitrogens with one attached hydrogen (secondary N) is 1. The molecule has 104 valence electrons. The molecule has 2 aromatic rings. The van der Waals surface area contributed by atoms with Crippen LogP contribution in [0.25, 0.3) is 0 Å². The maximum absolute atomic E-state index is 12.3. The van der Waals surface area contributed by atoms with Crippen molar-refractivity contribution in [2.24, 2.45) is 0 Å². The number of amides is 1. The molecule has 0 bridgehead atoms. The lowest BCUT2D eigenvalue weighted by molar-refractivity contribution is 0.0761. The van der Waals surface area contributed by atoms with Gasteiger partial charge in [0, 0.05) is 25.5 Å². The highest BCUT2D eigenvalue weighted by molar-refractivity contribution is 5.93.